The molecule has 20 heavy (non-hydrogen) atoms. The number of nitriles is 1. The quantitative estimate of drug-likeness (QED) is 0.657. The van der Waals surface area contributed by atoms with Crippen molar-refractivity contribution in [2.45, 2.75) is 17.4 Å². The fraction of sp³-hybridized carbons (Fsp3) is 0.182. The molecule has 3 N–H and O–H groups in total. The van der Waals surface area contributed by atoms with Crippen molar-refractivity contribution >= 4 is 22.0 Å². The number of carboxylic acid groups (broad SMARTS) is 2. The van der Waals surface area contributed by atoms with Gasteiger partial charge in [0, 0.05) is 0 Å². The highest BCUT2D eigenvalue weighted by molar-refractivity contribution is 7.89. The first kappa shape index (κ1) is 15.6. The van der Waals surface area contributed by atoms with E-state index in [0.29, 0.717) is 0 Å². The summed E-state index contributed by atoms with van der Waals surface area (Å²) in [5.41, 5.74) is -0.167. The topological polar surface area (TPSA) is 145 Å². The monoisotopic (exact) mass is 298 g/mol. The van der Waals surface area contributed by atoms with Crippen LogP contribution in [-0.2, 0) is 19.6 Å². The van der Waals surface area contributed by atoms with Crippen molar-refractivity contribution in [1.82, 2.24) is 4.72 Å². The normalized spacial score (nSPS) is 12.3. The van der Waals surface area contributed by atoms with Crippen molar-refractivity contribution in [2.24, 2.45) is 0 Å². The second-order valence-corrected chi connectivity index (χ2v) is 5.40. The summed E-state index contributed by atoms with van der Waals surface area (Å²) >= 11 is 0. The van der Waals surface area contributed by atoms with Gasteiger partial charge in [0.1, 0.15) is 12.1 Å². The average molecular weight is 298 g/mol. The molecule has 0 saturated heterocycles. The van der Waals surface area contributed by atoms with Crippen LogP contribution in [0.4, 0.5) is 0 Å². The van der Waals surface area contributed by atoms with Gasteiger partial charge in [0.2, 0.25) is 10.0 Å². The van der Waals surface area contributed by atoms with Gasteiger partial charge in [-0.05, 0) is 12.1 Å². The minimum Gasteiger partial charge on any atom is -0.481 e. The number of nitrogens with one attached hydrogen (secondary N) is 1. The van der Waals surface area contributed by atoms with E-state index in [4.69, 9.17) is 15.5 Å². The molecule has 0 spiro atoms. The molecule has 1 atom stereocenters. The molecule has 0 radical (unpaired) electrons. The van der Waals surface area contributed by atoms with Crippen LogP contribution < -0.4 is 4.72 Å². The van der Waals surface area contributed by atoms with E-state index in [2.05, 4.69) is 0 Å². The molecule has 1 aromatic rings. The fourth-order valence-corrected chi connectivity index (χ4v) is 2.74. The van der Waals surface area contributed by atoms with Gasteiger partial charge in [-0.15, -0.1) is 0 Å². The Labute approximate surface area is 114 Å². The Morgan fingerprint density at radius 2 is 1.90 bits per heavy atom. The number of sulfonamides is 1. The Hall–Kier alpha value is -2.44. The molecule has 0 aromatic heterocycles. The summed E-state index contributed by atoms with van der Waals surface area (Å²) in [5, 5.41) is 26.2. The highest BCUT2D eigenvalue weighted by Crippen LogP contribution is 2.15. The zero-order valence-corrected chi connectivity index (χ0v) is 10.8. The van der Waals surface area contributed by atoms with Gasteiger partial charge in [-0.3, -0.25) is 9.59 Å². The second-order valence-electron chi connectivity index (χ2n) is 3.72. The number of carboxylic acids is 2. The Morgan fingerprint density at radius 1 is 1.30 bits per heavy atom. The molecular weight excluding hydrogens is 288 g/mol. The molecule has 0 aliphatic heterocycles. The highest BCUT2D eigenvalue weighted by Gasteiger charge is 2.28. The lowest BCUT2D eigenvalue weighted by atomic mass is 10.2. The number of hydrogen-bond donors (Lipinski definition) is 3. The van der Waals surface area contributed by atoms with E-state index in [1.165, 1.54) is 18.2 Å². The lowest BCUT2D eigenvalue weighted by molar-refractivity contribution is -0.145. The molecule has 0 aliphatic carbocycles. The molecule has 0 fully saturated rings. The molecule has 8 nitrogen and oxygen atoms in total. The lowest BCUT2D eigenvalue weighted by Crippen LogP contribution is -2.42. The van der Waals surface area contributed by atoms with Crippen molar-refractivity contribution in [3.63, 3.8) is 0 Å². The van der Waals surface area contributed by atoms with Gasteiger partial charge >= 0.3 is 11.9 Å². The molecule has 9 heteroatoms. The summed E-state index contributed by atoms with van der Waals surface area (Å²) < 4.78 is 25.7. The van der Waals surface area contributed by atoms with E-state index in [1.807, 2.05) is 0 Å². The molecule has 0 saturated carbocycles. The maximum Gasteiger partial charge on any atom is 0.322 e. The molecule has 0 bridgehead atoms. The molecule has 0 aliphatic rings. The third kappa shape index (κ3) is 3.78. The SMILES string of the molecule is N#Cc1ccccc1S(=O)(=O)N[C@H](CC(=O)O)C(=O)O. The van der Waals surface area contributed by atoms with Crippen LogP contribution in [0.3, 0.4) is 0 Å². The largest absolute Gasteiger partial charge is 0.481 e. The zero-order valence-electron chi connectivity index (χ0n) is 9.98. The van der Waals surface area contributed by atoms with Gasteiger partial charge in [-0.1, -0.05) is 12.1 Å². The summed E-state index contributed by atoms with van der Waals surface area (Å²) in [6.45, 7) is 0. The van der Waals surface area contributed by atoms with Crippen molar-refractivity contribution in [1.29, 1.82) is 5.26 Å². The number of hydrogen-bond acceptors (Lipinski definition) is 5. The molecule has 0 heterocycles. The molecule has 1 rings (SSSR count). The molecular formula is C11H10N2O6S. The first-order chi connectivity index (χ1) is 9.27. The Morgan fingerprint density at radius 3 is 2.40 bits per heavy atom. The van der Waals surface area contributed by atoms with Crippen LogP contribution in [-0.4, -0.2) is 36.6 Å². The summed E-state index contributed by atoms with van der Waals surface area (Å²) in [6.07, 6.45) is -0.913. The maximum atomic E-state index is 12.0. The Bertz CT molecular complexity index is 676. The van der Waals surface area contributed by atoms with Crippen LogP contribution in [0.15, 0.2) is 29.2 Å². The predicted octanol–water partition coefficient (Wildman–Crippen LogP) is -0.236. The van der Waals surface area contributed by atoms with Crippen molar-refractivity contribution in [2.75, 3.05) is 0 Å². The van der Waals surface area contributed by atoms with E-state index in [9.17, 15) is 18.0 Å². The van der Waals surface area contributed by atoms with Crippen LogP contribution >= 0.6 is 0 Å². The third-order valence-corrected chi connectivity index (χ3v) is 3.80. The van der Waals surface area contributed by atoms with E-state index >= 15 is 0 Å². The first-order valence-electron chi connectivity index (χ1n) is 5.24. The molecule has 106 valence electrons. The highest BCUT2D eigenvalue weighted by atomic mass is 32.2. The van der Waals surface area contributed by atoms with Crippen LogP contribution in [0.5, 0.6) is 0 Å². The van der Waals surface area contributed by atoms with Crippen molar-refractivity contribution in [3.05, 3.63) is 29.8 Å². The summed E-state index contributed by atoms with van der Waals surface area (Å²) in [7, 11) is -4.31. The third-order valence-electron chi connectivity index (χ3n) is 2.27. The lowest BCUT2D eigenvalue weighted by Gasteiger charge is -2.13. The number of aliphatic carboxylic acids is 2. The molecule has 1 aromatic carbocycles. The van der Waals surface area contributed by atoms with Crippen LogP contribution in [0, 0.1) is 11.3 Å². The summed E-state index contributed by atoms with van der Waals surface area (Å²) in [6, 6.07) is 5.03. The Kier molecular flexibility index (Phi) is 4.79. The van der Waals surface area contributed by atoms with E-state index in [0.717, 1.165) is 6.07 Å². The van der Waals surface area contributed by atoms with E-state index in [-0.39, 0.29) is 5.56 Å². The molecule has 0 amide bonds. The standard InChI is InChI=1S/C11H10N2O6S/c12-6-7-3-1-2-4-9(7)20(18,19)13-8(11(16)17)5-10(14)15/h1-4,8,13H,5H2,(H,14,15)(H,16,17)/t8-/m1/s1. The van der Waals surface area contributed by atoms with Crippen LogP contribution in [0.1, 0.15) is 12.0 Å². The van der Waals surface area contributed by atoms with E-state index < -0.39 is 39.3 Å². The zero-order chi connectivity index (χ0) is 15.3. The fourth-order valence-electron chi connectivity index (χ4n) is 1.40. The number of rotatable bonds is 6. The van der Waals surface area contributed by atoms with Gasteiger partial charge in [0.25, 0.3) is 0 Å². The minimum absolute atomic E-state index is 0.167. The maximum absolute atomic E-state index is 12.0. The predicted molar refractivity (Wildman–Crippen MR) is 65.2 cm³/mol. The van der Waals surface area contributed by atoms with Gasteiger partial charge < -0.3 is 10.2 Å². The smallest absolute Gasteiger partial charge is 0.322 e. The van der Waals surface area contributed by atoms with Gasteiger partial charge in [0.15, 0.2) is 0 Å². The van der Waals surface area contributed by atoms with Crippen LogP contribution in [0.25, 0.3) is 0 Å². The first-order valence-corrected chi connectivity index (χ1v) is 6.72. The second kappa shape index (κ2) is 6.14. The van der Waals surface area contributed by atoms with Gasteiger partial charge in [-0.25, -0.2) is 8.42 Å². The van der Waals surface area contributed by atoms with Gasteiger partial charge in [-0.2, -0.15) is 9.98 Å². The summed E-state index contributed by atoms with van der Waals surface area (Å²) in [4.78, 5) is 20.9. The number of nitrogens with zero attached hydrogens (tertiary/aromatic N) is 1. The van der Waals surface area contributed by atoms with E-state index in [1.54, 1.807) is 10.8 Å². The van der Waals surface area contributed by atoms with Crippen LogP contribution in [0.2, 0.25) is 0 Å². The molecule has 0 unspecified atom stereocenters. The average Bonchev–Trinajstić information content (AvgIpc) is 2.37. The Balaban J connectivity index is 3.14. The minimum atomic E-state index is -4.31. The van der Waals surface area contributed by atoms with Crippen molar-refractivity contribution in [3.8, 4) is 6.07 Å². The van der Waals surface area contributed by atoms with Crippen molar-refractivity contribution < 1.29 is 28.2 Å². The summed E-state index contributed by atoms with van der Waals surface area (Å²) in [5.74, 6) is -3.08. The van der Waals surface area contributed by atoms with Gasteiger partial charge in [0.05, 0.1) is 16.9 Å². The number of benzene rings is 1. The number of carbonyl (C=O) groups is 2.